The minimum absolute atomic E-state index is 0. The normalized spacial score (nSPS) is 15.0. The largest absolute Gasteiger partial charge is 0.486 e. The van der Waals surface area contributed by atoms with Crippen LogP contribution >= 0.6 is 24.0 Å². The summed E-state index contributed by atoms with van der Waals surface area (Å²) in [5.74, 6) is 3.38. The Balaban J connectivity index is 0.00000289. The molecule has 8 heteroatoms. The van der Waals surface area contributed by atoms with Crippen molar-refractivity contribution in [2.45, 2.75) is 26.0 Å². The predicted octanol–water partition coefficient (Wildman–Crippen LogP) is 3.49. The van der Waals surface area contributed by atoms with E-state index in [1.807, 2.05) is 42.7 Å². The van der Waals surface area contributed by atoms with E-state index in [0.29, 0.717) is 13.2 Å². The van der Waals surface area contributed by atoms with E-state index in [1.165, 1.54) is 5.56 Å². The lowest BCUT2D eigenvalue weighted by molar-refractivity contribution is 0.0971. The number of guanidine groups is 1. The number of imidazole rings is 1. The summed E-state index contributed by atoms with van der Waals surface area (Å²) in [6, 6.07) is 18.2. The number of halogens is 1. The van der Waals surface area contributed by atoms with Crippen molar-refractivity contribution in [1.82, 2.24) is 20.2 Å². The molecule has 0 saturated carbocycles. The van der Waals surface area contributed by atoms with Crippen LogP contribution in [0.1, 0.15) is 18.3 Å². The number of hydrogen-bond donors (Lipinski definition) is 2. The van der Waals surface area contributed by atoms with Crippen LogP contribution in [0.5, 0.6) is 11.5 Å². The van der Waals surface area contributed by atoms with E-state index in [1.54, 1.807) is 0 Å². The zero-order valence-electron chi connectivity index (χ0n) is 18.2. The average molecular weight is 547 g/mol. The number of aliphatic imine (C=N–C) groups is 1. The topological polar surface area (TPSA) is 72.7 Å². The minimum Gasteiger partial charge on any atom is -0.486 e. The first-order valence-corrected chi connectivity index (χ1v) is 10.8. The monoisotopic (exact) mass is 547 g/mol. The highest BCUT2D eigenvalue weighted by molar-refractivity contribution is 14.0. The van der Waals surface area contributed by atoms with Crippen LogP contribution in [0.3, 0.4) is 0 Å². The van der Waals surface area contributed by atoms with Gasteiger partial charge in [-0.15, -0.1) is 24.0 Å². The van der Waals surface area contributed by atoms with Gasteiger partial charge in [0.2, 0.25) is 0 Å². The second-order valence-corrected chi connectivity index (χ2v) is 7.35. The van der Waals surface area contributed by atoms with E-state index in [0.717, 1.165) is 49.3 Å². The van der Waals surface area contributed by atoms with Crippen molar-refractivity contribution < 1.29 is 9.47 Å². The number of nitrogens with zero attached hydrogens (tertiary/aromatic N) is 3. The summed E-state index contributed by atoms with van der Waals surface area (Å²) in [6.45, 7) is 5.43. The number of para-hydroxylation sites is 2. The van der Waals surface area contributed by atoms with Crippen LogP contribution in [0.2, 0.25) is 0 Å². The number of benzene rings is 2. The molecule has 1 aliphatic heterocycles. The molecule has 2 aromatic carbocycles. The number of rotatable bonds is 8. The summed E-state index contributed by atoms with van der Waals surface area (Å²) in [7, 11) is 0. The molecule has 1 aromatic heterocycles. The van der Waals surface area contributed by atoms with Crippen LogP contribution in [0.25, 0.3) is 0 Å². The Labute approximate surface area is 206 Å². The summed E-state index contributed by atoms with van der Waals surface area (Å²) in [6.07, 6.45) is 4.59. The molecule has 0 bridgehead atoms. The third-order valence-corrected chi connectivity index (χ3v) is 5.00. The molecule has 170 valence electrons. The van der Waals surface area contributed by atoms with Crippen molar-refractivity contribution in [3.05, 3.63) is 78.4 Å². The maximum atomic E-state index is 6.00. The molecule has 0 aliphatic carbocycles. The fourth-order valence-electron chi connectivity index (χ4n) is 3.47. The Morgan fingerprint density at radius 2 is 1.88 bits per heavy atom. The molecule has 0 spiro atoms. The minimum atomic E-state index is -0.102. The summed E-state index contributed by atoms with van der Waals surface area (Å²) < 4.78 is 14.0. The Kier molecular flexibility index (Phi) is 9.21. The maximum absolute atomic E-state index is 6.00. The van der Waals surface area contributed by atoms with E-state index < -0.39 is 0 Å². The van der Waals surface area contributed by atoms with Crippen molar-refractivity contribution in [1.29, 1.82) is 0 Å². The van der Waals surface area contributed by atoms with Gasteiger partial charge in [0, 0.05) is 38.4 Å². The number of fused-ring (bicyclic) bond motifs is 1. The van der Waals surface area contributed by atoms with Gasteiger partial charge in [0.05, 0.1) is 6.54 Å². The highest BCUT2D eigenvalue weighted by atomic mass is 127. The van der Waals surface area contributed by atoms with Gasteiger partial charge in [0.25, 0.3) is 0 Å². The smallest absolute Gasteiger partial charge is 0.191 e. The fraction of sp³-hybridized carbons (Fsp3) is 0.333. The van der Waals surface area contributed by atoms with Gasteiger partial charge in [-0.3, -0.25) is 0 Å². The van der Waals surface area contributed by atoms with Gasteiger partial charge in [-0.25, -0.2) is 9.98 Å². The highest BCUT2D eigenvalue weighted by Gasteiger charge is 2.20. The van der Waals surface area contributed by atoms with Gasteiger partial charge in [-0.05, 0) is 24.6 Å². The zero-order chi connectivity index (χ0) is 21.3. The second-order valence-electron chi connectivity index (χ2n) is 7.35. The average Bonchev–Trinajstić information content (AvgIpc) is 3.24. The zero-order valence-corrected chi connectivity index (χ0v) is 20.6. The first-order valence-electron chi connectivity index (χ1n) is 10.8. The van der Waals surface area contributed by atoms with Crippen molar-refractivity contribution >= 4 is 29.9 Å². The Hall–Kier alpha value is -2.75. The van der Waals surface area contributed by atoms with E-state index in [9.17, 15) is 0 Å². The number of hydrogen-bond acceptors (Lipinski definition) is 4. The van der Waals surface area contributed by atoms with Gasteiger partial charge in [-0.1, -0.05) is 42.5 Å². The van der Waals surface area contributed by atoms with Crippen LogP contribution in [0, 0.1) is 0 Å². The van der Waals surface area contributed by atoms with Crippen LogP contribution in [-0.4, -0.2) is 47.9 Å². The van der Waals surface area contributed by atoms with Crippen molar-refractivity contribution in [2.75, 3.05) is 26.2 Å². The molecule has 0 saturated heterocycles. The Morgan fingerprint density at radius 3 is 2.69 bits per heavy atom. The van der Waals surface area contributed by atoms with Crippen LogP contribution < -0.4 is 20.1 Å². The molecular formula is C24H30IN5O2. The Morgan fingerprint density at radius 1 is 1.09 bits per heavy atom. The molecule has 7 nitrogen and oxygen atoms in total. The lowest BCUT2D eigenvalue weighted by Gasteiger charge is -2.25. The molecule has 1 unspecified atom stereocenters. The summed E-state index contributed by atoms with van der Waals surface area (Å²) in [5, 5.41) is 6.69. The van der Waals surface area contributed by atoms with Crippen LogP contribution in [0.15, 0.2) is 72.0 Å². The molecule has 3 aromatic rings. The van der Waals surface area contributed by atoms with Gasteiger partial charge in [0.1, 0.15) is 12.4 Å². The van der Waals surface area contributed by atoms with Crippen molar-refractivity contribution in [3.8, 4) is 11.5 Å². The lowest BCUT2D eigenvalue weighted by atomic mass is 10.2. The first kappa shape index (κ1) is 23.9. The van der Waals surface area contributed by atoms with E-state index in [-0.39, 0.29) is 30.1 Å². The van der Waals surface area contributed by atoms with Crippen molar-refractivity contribution in [2.24, 2.45) is 4.99 Å². The maximum Gasteiger partial charge on any atom is 0.191 e. The molecular weight excluding hydrogens is 517 g/mol. The number of ether oxygens (including phenoxy) is 2. The molecule has 0 fully saturated rings. The standard InChI is InChI=1S/C24H29N5O2.HI/c1-2-25-24(28-16-20-18-30-21-10-6-7-11-22(21)31-20)27-13-12-23-26-14-15-29(23)17-19-8-4-3-5-9-19;/h3-11,14-15,20H,2,12-13,16-18H2,1H3,(H2,25,27,28);1H. The van der Waals surface area contributed by atoms with E-state index in [4.69, 9.17) is 9.47 Å². The SMILES string of the molecule is CCNC(=NCC1COc2ccccc2O1)NCCc1nccn1Cc1ccccc1.I. The molecule has 1 atom stereocenters. The predicted molar refractivity (Wildman–Crippen MR) is 137 cm³/mol. The fourth-order valence-corrected chi connectivity index (χ4v) is 3.47. The quantitative estimate of drug-likeness (QED) is 0.257. The third-order valence-electron chi connectivity index (χ3n) is 5.00. The third kappa shape index (κ3) is 6.62. The molecule has 32 heavy (non-hydrogen) atoms. The first-order chi connectivity index (χ1) is 15.3. The Bertz CT molecular complexity index is 993. The molecule has 2 heterocycles. The number of nitrogens with one attached hydrogen (secondary N) is 2. The van der Waals surface area contributed by atoms with E-state index in [2.05, 4.69) is 56.4 Å². The van der Waals surface area contributed by atoms with Crippen LogP contribution in [-0.2, 0) is 13.0 Å². The molecule has 0 amide bonds. The van der Waals surface area contributed by atoms with Crippen molar-refractivity contribution in [3.63, 3.8) is 0 Å². The molecule has 2 N–H and O–H groups in total. The molecule has 4 rings (SSSR count). The van der Waals surface area contributed by atoms with Crippen LogP contribution in [0.4, 0.5) is 0 Å². The van der Waals surface area contributed by atoms with E-state index >= 15 is 0 Å². The van der Waals surface area contributed by atoms with Gasteiger partial charge in [0.15, 0.2) is 23.6 Å². The molecule has 1 aliphatic rings. The molecule has 0 radical (unpaired) electrons. The second kappa shape index (κ2) is 12.3. The van der Waals surface area contributed by atoms with Gasteiger partial charge in [-0.2, -0.15) is 0 Å². The summed E-state index contributed by atoms with van der Waals surface area (Å²) >= 11 is 0. The summed E-state index contributed by atoms with van der Waals surface area (Å²) in [4.78, 5) is 9.20. The lowest BCUT2D eigenvalue weighted by Crippen LogP contribution is -2.40. The summed E-state index contributed by atoms with van der Waals surface area (Å²) in [5.41, 5.74) is 1.26. The van der Waals surface area contributed by atoms with Gasteiger partial charge < -0.3 is 24.7 Å². The van der Waals surface area contributed by atoms with Gasteiger partial charge >= 0.3 is 0 Å². The number of aromatic nitrogens is 2. The highest BCUT2D eigenvalue weighted by Crippen LogP contribution is 2.30.